The second kappa shape index (κ2) is 11.0. The first-order valence-corrected chi connectivity index (χ1v) is 13.4. The van der Waals surface area contributed by atoms with Crippen LogP contribution in [0.25, 0.3) is 16.8 Å². The van der Waals surface area contributed by atoms with Crippen LogP contribution in [0.4, 0.5) is 32.2 Å². The van der Waals surface area contributed by atoms with Crippen LogP contribution in [0, 0.1) is 5.92 Å². The summed E-state index contributed by atoms with van der Waals surface area (Å²) >= 11 is 0. The molecule has 5 rings (SSSR count). The van der Waals surface area contributed by atoms with Gasteiger partial charge in [0.05, 0.1) is 36.0 Å². The van der Waals surface area contributed by atoms with E-state index in [-0.39, 0.29) is 60.9 Å². The molecule has 2 aromatic heterocycles. The molecule has 0 bridgehead atoms. The average Bonchev–Trinajstić information content (AvgIpc) is 3.50. The second-order valence-corrected chi connectivity index (χ2v) is 10.5. The van der Waals surface area contributed by atoms with Gasteiger partial charge in [0.1, 0.15) is 23.8 Å². The Morgan fingerprint density at radius 1 is 1.17 bits per heavy atom. The molecule has 1 aromatic carbocycles. The van der Waals surface area contributed by atoms with Gasteiger partial charge in [-0.05, 0) is 44.0 Å². The van der Waals surface area contributed by atoms with Crippen LogP contribution >= 0.6 is 0 Å². The Kier molecular flexibility index (Phi) is 7.70. The Balaban J connectivity index is 1.40. The monoisotopic (exact) mass is 598 g/mol. The average molecular weight is 599 g/mol. The van der Waals surface area contributed by atoms with Gasteiger partial charge >= 0.3 is 6.18 Å². The SMILES string of the molecule is CCOc1ccc(-c2cc(C(F)(F)F)c3c(N)ncnn23)cc1C(=O)N[C@@H]1CN(C(=O)C2CCC(F)(F)CC2)C[C@@H]1F. The Hall–Kier alpha value is -4.04. The van der Waals surface area contributed by atoms with Crippen LogP contribution in [0.3, 0.4) is 0 Å². The van der Waals surface area contributed by atoms with E-state index in [4.69, 9.17) is 10.5 Å². The lowest BCUT2D eigenvalue weighted by Crippen LogP contribution is -2.43. The van der Waals surface area contributed by atoms with E-state index in [0.717, 1.165) is 16.9 Å². The molecule has 3 N–H and O–H groups in total. The van der Waals surface area contributed by atoms with Crippen molar-refractivity contribution in [3.05, 3.63) is 41.7 Å². The van der Waals surface area contributed by atoms with Crippen LogP contribution in [0.15, 0.2) is 30.6 Å². The molecular formula is C27H28F6N6O3. The number of nitrogens with zero attached hydrogens (tertiary/aromatic N) is 4. The maximum atomic E-state index is 15.0. The molecule has 1 saturated heterocycles. The molecule has 226 valence electrons. The number of alkyl halides is 6. The lowest BCUT2D eigenvalue weighted by atomic mass is 9.86. The zero-order valence-corrected chi connectivity index (χ0v) is 22.4. The van der Waals surface area contributed by atoms with Gasteiger partial charge in [-0.15, -0.1) is 0 Å². The Labute approximate surface area is 236 Å². The summed E-state index contributed by atoms with van der Waals surface area (Å²) in [6, 6.07) is 3.90. The highest BCUT2D eigenvalue weighted by Crippen LogP contribution is 2.40. The van der Waals surface area contributed by atoms with Gasteiger partial charge in [-0.3, -0.25) is 9.59 Å². The normalized spacial score (nSPS) is 21.1. The number of carbonyl (C=O) groups excluding carboxylic acids is 2. The van der Waals surface area contributed by atoms with Crippen LogP contribution in [0.1, 0.15) is 48.5 Å². The van der Waals surface area contributed by atoms with Crippen molar-refractivity contribution in [2.24, 2.45) is 5.92 Å². The number of nitrogens with one attached hydrogen (secondary N) is 1. The van der Waals surface area contributed by atoms with Crippen molar-refractivity contribution in [2.75, 3.05) is 25.4 Å². The first-order valence-electron chi connectivity index (χ1n) is 13.4. The van der Waals surface area contributed by atoms with E-state index >= 15 is 0 Å². The Morgan fingerprint density at radius 3 is 2.55 bits per heavy atom. The fraction of sp³-hybridized carbons (Fsp3) is 0.481. The Morgan fingerprint density at radius 2 is 1.88 bits per heavy atom. The van der Waals surface area contributed by atoms with E-state index < -0.39 is 66.0 Å². The second-order valence-electron chi connectivity index (χ2n) is 10.5. The van der Waals surface area contributed by atoms with Crippen molar-refractivity contribution in [3.63, 3.8) is 0 Å². The number of anilines is 1. The van der Waals surface area contributed by atoms with E-state index in [2.05, 4.69) is 15.4 Å². The van der Waals surface area contributed by atoms with Crippen LogP contribution in [-0.2, 0) is 11.0 Å². The minimum atomic E-state index is -4.77. The summed E-state index contributed by atoms with van der Waals surface area (Å²) in [6.07, 6.45) is -6.20. The van der Waals surface area contributed by atoms with Gasteiger partial charge in [0.15, 0.2) is 5.82 Å². The van der Waals surface area contributed by atoms with Gasteiger partial charge in [0.2, 0.25) is 11.8 Å². The summed E-state index contributed by atoms with van der Waals surface area (Å²) in [6.45, 7) is 1.38. The molecule has 2 aliphatic rings. The van der Waals surface area contributed by atoms with E-state index in [9.17, 15) is 35.9 Å². The van der Waals surface area contributed by atoms with E-state index in [1.165, 1.54) is 23.1 Å². The molecule has 1 saturated carbocycles. The van der Waals surface area contributed by atoms with Crippen molar-refractivity contribution in [2.45, 2.75) is 56.9 Å². The lowest BCUT2D eigenvalue weighted by molar-refractivity contribution is -0.139. The summed E-state index contributed by atoms with van der Waals surface area (Å²) < 4.78 is 89.9. The molecule has 3 heterocycles. The van der Waals surface area contributed by atoms with Crippen molar-refractivity contribution in [3.8, 4) is 17.0 Å². The molecular weight excluding hydrogens is 570 g/mol. The highest BCUT2D eigenvalue weighted by Gasteiger charge is 2.43. The van der Waals surface area contributed by atoms with Gasteiger partial charge in [-0.1, -0.05) is 0 Å². The topological polar surface area (TPSA) is 115 Å². The maximum Gasteiger partial charge on any atom is 0.418 e. The largest absolute Gasteiger partial charge is 0.493 e. The number of halogens is 6. The predicted octanol–water partition coefficient (Wildman–Crippen LogP) is 4.50. The van der Waals surface area contributed by atoms with Gasteiger partial charge in [-0.2, -0.15) is 18.3 Å². The van der Waals surface area contributed by atoms with Crippen LogP contribution in [0.5, 0.6) is 5.75 Å². The molecule has 0 radical (unpaired) electrons. The summed E-state index contributed by atoms with van der Waals surface area (Å²) in [4.78, 5) is 31.2. The number of benzene rings is 1. The highest BCUT2D eigenvalue weighted by atomic mass is 19.4. The van der Waals surface area contributed by atoms with E-state index in [1.807, 2.05) is 0 Å². The maximum absolute atomic E-state index is 15.0. The zero-order chi connectivity index (χ0) is 30.4. The molecule has 9 nitrogen and oxygen atoms in total. The number of rotatable bonds is 6. The number of amides is 2. The third kappa shape index (κ3) is 5.68. The molecule has 15 heteroatoms. The zero-order valence-electron chi connectivity index (χ0n) is 22.4. The van der Waals surface area contributed by atoms with Crippen LogP contribution in [0.2, 0.25) is 0 Å². The van der Waals surface area contributed by atoms with Crippen molar-refractivity contribution < 1.29 is 40.7 Å². The molecule has 0 unspecified atom stereocenters. The summed E-state index contributed by atoms with van der Waals surface area (Å²) in [5.74, 6) is -4.93. The van der Waals surface area contributed by atoms with Crippen molar-refractivity contribution in [1.29, 1.82) is 0 Å². The summed E-state index contributed by atoms with van der Waals surface area (Å²) in [7, 11) is 0. The Bertz CT molecular complexity index is 1500. The molecule has 1 aliphatic carbocycles. The number of carbonyl (C=O) groups is 2. The molecule has 2 atom stereocenters. The van der Waals surface area contributed by atoms with E-state index in [0.29, 0.717) is 0 Å². The predicted molar refractivity (Wildman–Crippen MR) is 139 cm³/mol. The number of hydrogen-bond donors (Lipinski definition) is 2. The minimum Gasteiger partial charge on any atom is -0.493 e. The first-order chi connectivity index (χ1) is 19.8. The summed E-state index contributed by atoms with van der Waals surface area (Å²) in [5, 5.41) is 6.47. The third-order valence-electron chi connectivity index (χ3n) is 7.65. The van der Waals surface area contributed by atoms with Crippen molar-refractivity contribution >= 4 is 23.1 Å². The standard InChI is InChI=1S/C27H28F6N6O3/c1-2-42-21-4-3-15(20-10-17(27(31,32)33)22-23(34)35-13-36-39(20)22)9-16(21)24(40)37-19-12-38(11-18(19)28)25(41)14-5-7-26(29,30)8-6-14/h3-4,9-10,13-14,18-19H,2,5-8,11-12H2,1H3,(H,37,40)(H2,34,35,36)/t18-,19+/m0/s1. The molecule has 2 fully saturated rings. The van der Waals surface area contributed by atoms with Gasteiger partial charge < -0.3 is 20.7 Å². The number of fused-ring (bicyclic) bond motifs is 1. The smallest absolute Gasteiger partial charge is 0.418 e. The fourth-order valence-electron chi connectivity index (χ4n) is 5.51. The van der Waals surface area contributed by atoms with Gasteiger partial charge in [0, 0.05) is 30.9 Å². The number of ether oxygens (including phenoxy) is 1. The minimum absolute atomic E-state index is 0.00185. The number of aromatic nitrogens is 3. The van der Waals surface area contributed by atoms with Crippen LogP contribution in [-0.4, -0.2) is 69.1 Å². The quantitative estimate of drug-likeness (QED) is 0.404. The van der Waals surface area contributed by atoms with Gasteiger partial charge in [-0.25, -0.2) is 22.7 Å². The van der Waals surface area contributed by atoms with Gasteiger partial charge in [0.25, 0.3) is 5.91 Å². The molecule has 1 aliphatic heterocycles. The number of nitrogens with two attached hydrogens (primary N) is 1. The van der Waals surface area contributed by atoms with Crippen molar-refractivity contribution in [1.82, 2.24) is 24.8 Å². The molecule has 3 aromatic rings. The molecule has 0 spiro atoms. The molecule has 42 heavy (non-hydrogen) atoms. The van der Waals surface area contributed by atoms with Crippen LogP contribution < -0.4 is 15.8 Å². The lowest BCUT2D eigenvalue weighted by Gasteiger charge is -2.30. The van der Waals surface area contributed by atoms with E-state index in [1.54, 1.807) is 6.92 Å². The summed E-state index contributed by atoms with van der Waals surface area (Å²) in [5.41, 5.74) is 4.29. The first kappa shape index (κ1) is 29.5. The number of nitrogen functional groups attached to an aromatic ring is 1. The highest BCUT2D eigenvalue weighted by molar-refractivity contribution is 5.98. The molecule has 2 amide bonds. The number of likely N-dealkylation sites (tertiary alicyclic amines) is 1. The fourth-order valence-corrected chi connectivity index (χ4v) is 5.51. The third-order valence-corrected chi connectivity index (χ3v) is 7.65. The number of hydrogen-bond acceptors (Lipinski definition) is 6.